The highest BCUT2D eigenvalue weighted by Gasteiger charge is 2.33. The molecule has 2 aromatic rings. The summed E-state index contributed by atoms with van der Waals surface area (Å²) >= 11 is 5.60. The van der Waals surface area contributed by atoms with Crippen LogP contribution >= 0.6 is 11.6 Å². The molecule has 0 aliphatic carbocycles. The van der Waals surface area contributed by atoms with Gasteiger partial charge < -0.3 is 9.42 Å². The first-order valence-electron chi connectivity index (χ1n) is 8.70. The monoisotopic (exact) mass is 413 g/mol. The van der Waals surface area contributed by atoms with Gasteiger partial charge in [-0.3, -0.25) is 9.69 Å². The minimum absolute atomic E-state index is 0.237. The van der Waals surface area contributed by atoms with Crippen LogP contribution in [-0.4, -0.2) is 47.0 Å². The molecule has 1 aromatic heterocycles. The Morgan fingerprint density at radius 3 is 2.57 bits per heavy atom. The SMILES string of the molecule is Cc1cc(CN2CCN(C(=O)/C=C/c3ccc(Cl)c(C(F)(F)F)c3)CC2)on1. The highest BCUT2D eigenvalue weighted by molar-refractivity contribution is 6.31. The molecule has 5 nitrogen and oxygen atoms in total. The van der Waals surface area contributed by atoms with Crippen molar-refractivity contribution in [2.24, 2.45) is 0 Å². The summed E-state index contributed by atoms with van der Waals surface area (Å²) in [5, 5.41) is 3.48. The third-order valence-electron chi connectivity index (χ3n) is 4.45. The van der Waals surface area contributed by atoms with Gasteiger partial charge in [-0.05, 0) is 30.7 Å². The average molecular weight is 414 g/mol. The lowest BCUT2D eigenvalue weighted by atomic mass is 10.1. The Labute approximate surface area is 165 Å². The molecule has 0 radical (unpaired) electrons. The van der Waals surface area contributed by atoms with E-state index in [2.05, 4.69) is 10.1 Å². The zero-order chi connectivity index (χ0) is 20.3. The van der Waals surface area contributed by atoms with Crippen molar-refractivity contribution < 1.29 is 22.5 Å². The number of amides is 1. The maximum absolute atomic E-state index is 12.9. The smallest absolute Gasteiger partial charge is 0.360 e. The van der Waals surface area contributed by atoms with E-state index in [9.17, 15) is 18.0 Å². The molecule has 150 valence electrons. The summed E-state index contributed by atoms with van der Waals surface area (Å²) in [5.74, 6) is 0.541. The molecule has 2 heterocycles. The largest absolute Gasteiger partial charge is 0.417 e. The number of rotatable bonds is 4. The number of hydrogen-bond acceptors (Lipinski definition) is 4. The fourth-order valence-corrected chi connectivity index (χ4v) is 3.20. The number of piperazine rings is 1. The van der Waals surface area contributed by atoms with Gasteiger partial charge in [-0.25, -0.2) is 0 Å². The second kappa shape index (κ2) is 8.36. The first-order chi connectivity index (χ1) is 13.2. The van der Waals surface area contributed by atoms with Crippen LogP contribution in [0.1, 0.15) is 22.6 Å². The molecule has 1 aromatic carbocycles. The van der Waals surface area contributed by atoms with Crippen LogP contribution in [0.3, 0.4) is 0 Å². The second-order valence-corrected chi connectivity index (χ2v) is 7.01. The number of hydrogen-bond donors (Lipinski definition) is 0. The molecule has 0 saturated carbocycles. The van der Waals surface area contributed by atoms with E-state index in [0.29, 0.717) is 32.7 Å². The molecule has 1 amide bonds. The van der Waals surface area contributed by atoms with Gasteiger partial charge in [-0.2, -0.15) is 13.2 Å². The van der Waals surface area contributed by atoms with Crippen LogP contribution < -0.4 is 0 Å². The molecule has 1 fully saturated rings. The standard InChI is InChI=1S/C19H19ClF3N3O2/c1-13-10-15(28-24-13)12-25-6-8-26(9-7-25)18(27)5-3-14-2-4-17(20)16(11-14)19(21,22)23/h2-5,10-11H,6-9,12H2,1H3/b5-3+. The van der Waals surface area contributed by atoms with Gasteiger partial charge in [-0.1, -0.05) is 22.8 Å². The second-order valence-electron chi connectivity index (χ2n) is 6.61. The van der Waals surface area contributed by atoms with Gasteiger partial charge in [0, 0.05) is 38.3 Å². The maximum Gasteiger partial charge on any atom is 0.417 e. The summed E-state index contributed by atoms with van der Waals surface area (Å²) in [6.45, 7) is 4.91. The Morgan fingerprint density at radius 1 is 1.25 bits per heavy atom. The van der Waals surface area contributed by atoms with Crippen LogP contribution in [0.4, 0.5) is 13.2 Å². The fourth-order valence-electron chi connectivity index (χ4n) is 2.97. The normalized spacial score (nSPS) is 16.1. The lowest BCUT2D eigenvalue weighted by molar-refractivity contribution is -0.137. The number of carbonyl (C=O) groups excluding carboxylic acids is 1. The van der Waals surface area contributed by atoms with Gasteiger partial charge in [0.05, 0.1) is 22.8 Å². The summed E-state index contributed by atoms with van der Waals surface area (Å²) < 4.78 is 43.9. The first-order valence-corrected chi connectivity index (χ1v) is 9.08. The minimum Gasteiger partial charge on any atom is -0.360 e. The lowest BCUT2D eigenvalue weighted by Crippen LogP contribution is -2.47. The average Bonchev–Trinajstić information content (AvgIpc) is 3.05. The molecule has 28 heavy (non-hydrogen) atoms. The van der Waals surface area contributed by atoms with Crippen LogP contribution in [0.2, 0.25) is 5.02 Å². The van der Waals surface area contributed by atoms with Crippen molar-refractivity contribution in [2.75, 3.05) is 26.2 Å². The molecular weight excluding hydrogens is 395 g/mol. The van der Waals surface area contributed by atoms with E-state index in [-0.39, 0.29) is 16.5 Å². The zero-order valence-corrected chi connectivity index (χ0v) is 15.9. The van der Waals surface area contributed by atoms with Gasteiger partial charge in [0.1, 0.15) is 0 Å². The van der Waals surface area contributed by atoms with Crippen molar-refractivity contribution in [1.29, 1.82) is 0 Å². The van der Waals surface area contributed by atoms with Crippen LogP contribution in [0.25, 0.3) is 6.08 Å². The topological polar surface area (TPSA) is 49.6 Å². The number of benzene rings is 1. The number of alkyl halides is 3. The quantitative estimate of drug-likeness (QED) is 0.710. The third-order valence-corrected chi connectivity index (χ3v) is 4.78. The van der Waals surface area contributed by atoms with Crippen LogP contribution in [0, 0.1) is 6.92 Å². The summed E-state index contributed by atoms with van der Waals surface area (Å²) in [6, 6.07) is 5.43. The first kappa shape index (κ1) is 20.4. The van der Waals surface area contributed by atoms with Crippen LogP contribution in [0.15, 0.2) is 34.9 Å². The Kier molecular flexibility index (Phi) is 6.10. The maximum atomic E-state index is 12.9. The van der Waals surface area contributed by atoms with Crippen molar-refractivity contribution in [3.05, 3.63) is 57.9 Å². The molecule has 0 N–H and O–H groups in total. The highest BCUT2D eigenvalue weighted by Crippen LogP contribution is 2.35. The Bertz CT molecular complexity index is 872. The molecule has 0 unspecified atom stereocenters. The number of aryl methyl sites for hydroxylation is 1. The molecule has 1 aliphatic heterocycles. The van der Waals surface area contributed by atoms with Gasteiger partial charge in [0.25, 0.3) is 0 Å². The van der Waals surface area contributed by atoms with Gasteiger partial charge in [0.15, 0.2) is 5.76 Å². The van der Waals surface area contributed by atoms with E-state index < -0.39 is 11.7 Å². The molecule has 1 aliphatic rings. The predicted molar refractivity (Wildman–Crippen MR) is 98.6 cm³/mol. The summed E-state index contributed by atoms with van der Waals surface area (Å²) in [5.41, 5.74) is 0.175. The molecule has 9 heteroatoms. The van der Waals surface area contributed by atoms with Gasteiger partial charge >= 0.3 is 6.18 Å². The van der Waals surface area contributed by atoms with Gasteiger partial charge in [-0.15, -0.1) is 0 Å². The van der Waals surface area contributed by atoms with E-state index in [4.69, 9.17) is 16.1 Å². The van der Waals surface area contributed by atoms with E-state index in [1.54, 1.807) is 4.90 Å². The van der Waals surface area contributed by atoms with Gasteiger partial charge in [0.2, 0.25) is 5.91 Å². The number of aromatic nitrogens is 1. The Morgan fingerprint density at radius 2 is 1.96 bits per heavy atom. The Balaban J connectivity index is 1.56. The van der Waals surface area contributed by atoms with Crippen molar-refractivity contribution in [3.8, 4) is 0 Å². The number of halogens is 4. The zero-order valence-electron chi connectivity index (χ0n) is 15.2. The summed E-state index contributed by atoms with van der Waals surface area (Å²) in [6.07, 6.45) is -1.88. The predicted octanol–water partition coefficient (Wildman–Crippen LogP) is 4.01. The molecule has 0 spiro atoms. The molecule has 1 saturated heterocycles. The van der Waals surface area contributed by atoms with E-state index in [1.807, 2.05) is 13.0 Å². The number of carbonyl (C=O) groups is 1. The van der Waals surface area contributed by atoms with E-state index in [0.717, 1.165) is 17.5 Å². The molecule has 0 atom stereocenters. The third kappa shape index (κ3) is 5.14. The van der Waals surface area contributed by atoms with E-state index >= 15 is 0 Å². The van der Waals surface area contributed by atoms with Crippen LogP contribution in [-0.2, 0) is 17.5 Å². The lowest BCUT2D eigenvalue weighted by Gasteiger charge is -2.33. The van der Waals surface area contributed by atoms with Crippen molar-refractivity contribution >= 4 is 23.6 Å². The van der Waals surface area contributed by atoms with Crippen molar-refractivity contribution in [2.45, 2.75) is 19.6 Å². The fraction of sp³-hybridized carbons (Fsp3) is 0.368. The van der Waals surface area contributed by atoms with E-state index in [1.165, 1.54) is 24.3 Å². The summed E-state index contributed by atoms with van der Waals surface area (Å²) in [4.78, 5) is 16.2. The minimum atomic E-state index is -4.54. The molecule has 3 rings (SSSR count). The van der Waals surface area contributed by atoms with Crippen molar-refractivity contribution in [1.82, 2.24) is 15.0 Å². The van der Waals surface area contributed by atoms with Crippen molar-refractivity contribution in [3.63, 3.8) is 0 Å². The highest BCUT2D eigenvalue weighted by atomic mass is 35.5. The Hall–Kier alpha value is -2.32. The molecule has 0 bridgehead atoms. The molecular formula is C19H19ClF3N3O2. The van der Waals surface area contributed by atoms with Crippen LogP contribution in [0.5, 0.6) is 0 Å². The summed E-state index contributed by atoms with van der Waals surface area (Å²) in [7, 11) is 0. The number of nitrogens with zero attached hydrogens (tertiary/aromatic N) is 3.